The van der Waals surface area contributed by atoms with Crippen molar-refractivity contribution in [1.82, 2.24) is 20.2 Å². The first kappa shape index (κ1) is 14.0. The molecule has 0 radical (unpaired) electrons. The van der Waals surface area contributed by atoms with Crippen molar-refractivity contribution in [2.45, 2.75) is 39.2 Å². The fourth-order valence-electron chi connectivity index (χ4n) is 3.20. The zero-order valence-electron chi connectivity index (χ0n) is 12.2. The Balaban J connectivity index is 1.85. The number of benzene rings is 1. The number of tetrazole rings is 1. The van der Waals surface area contributed by atoms with Crippen LogP contribution in [-0.4, -0.2) is 20.2 Å². The largest absolute Gasteiger partial charge is 0.399 e. The maximum atomic E-state index is 14.0. The van der Waals surface area contributed by atoms with Crippen LogP contribution >= 0.6 is 0 Å². The molecule has 2 aromatic rings. The van der Waals surface area contributed by atoms with E-state index in [1.54, 1.807) is 10.7 Å². The van der Waals surface area contributed by atoms with Gasteiger partial charge in [-0.3, -0.25) is 0 Å². The van der Waals surface area contributed by atoms with Gasteiger partial charge in [-0.1, -0.05) is 19.8 Å². The zero-order valence-corrected chi connectivity index (χ0v) is 12.2. The zero-order chi connectivity index (χ0) is 14.8. The Labute approximate surface area is 123 Å². The molecule has 0 bridgehead atoms. The quantitative estimate of drug-likeness (QED) is 0.882. The van der Waals surface area contributed by atoms with Crippen LogP contribution in [0.15, 0.2) is 18.2 Å². The second-order valence-corrected chi connectivity index (χ2v) is 6.06. The number of nitrogen functional groups attached to an aromatic ring is 1. The van der Waals surface area contributed by atoms with E-state index in [0.29, 0.717) is 23.0 Å². The molecule has 1 aliphatic rings. The van der Waals surface area contributed by atoms with Crippen molar-refractivity contribution >= 4 is 5.69 Å². The van der Waals surface area contributed by atoms with Crippen LogP contribution in [0.5, 0.6) is 0 Å². The maximum Gasteiger partial charge on any atom is 0.185 e. The van der Waals surface area contributed by atoms with Crippen molar-refractivity contribution in [2.24, 2.45) is 11.8 Å². The molecule has 1 aromatic carbocycles. The fraction of sp³-hybridized carbons (Fsp3) is 0.533. The molecule has 5 nitrogen and oxygen atoms in total. The number of hydrogen-bond donors (Lipinski definition) is 1. The molecule has 2 N–H and O–H groups in total. The lowest BCUT2D eigenvalue weighted by molar-refractivity contribution is 0.249. The van der Waals surface area contributed by atoms with Gasteiger partial charge in [-0.25, -0.2) is 9.07 Å². The smallest absolute Gasteiger partial charge is 0.185 e. The molecule has 3 rings (SSSR count). The lowest BCUT2D eigenvalue weighted by atomic mass is 9.82. The number of hydrogen-bond acceptors (Lipinski definition) is 4. The summed E-state index contributed by atoms with van der Waals surface area (Å²) >= 11 is 0. The number of nitrogens with two attached hydrogens (primary N) is 1. The number of halogens is 1. The molecule has 1 fully saturated rings. The summed E-state index contributed by atoms with van der Waals surface area (Å²) in [4.78, 5) is 0. The molecule has 1 aliphatic carbocycles. The summed E-state index contributed by atoms with van der Waals surface area (Å²) in [6.07, 6.45) is 4.90. The third-order valence-corrected chi connectivity index (χ3v) is 4.24. The van der Waals surface area contributed by atoms with Gasteiger partial charge in [0.25, 0.3) is 0 Å². The van der Waals surface area contributed by atoms with Crippen LogP contribution < -0.4 is 5.73 Å². The summed E-state index contributed by atoms with van der Waals surface area (Å²) in [5, 5.41) is 11.7. The van der Waals surface area contributed by atoms with Gasteiger partial charge >= 0.3 is 0 Å². The summed E-state index contributed by atoms with van der Waals surface area (Å²) in [7, 11) is 0. The topological polar surface area (TPSA) is 69.6 Å². The van der Waals surface area contributed by atoms with Gasteiger partial charge < -0.3 is 5.73 Å². The van der Waals surface area contributed by atoms with Gasteiger partial charge in [-0.05, 0) is 53.3 Å². The van der Waals surface area contributed by atoms with E-state index in [9.17, 15) is 4.39 Å². The summed E-state index contributed by atoms with van der Waals surface area (Å²) in [6.45, 7) is 3.02. The van der Waals surface area contributed by atoms with Crippen molar-refractivity contribution in [3.63, 3.8) is 0 Å². The van der Waals surface area contributed by atoms with Gasteiger partial charge in [0.2, 0.25) is 0 Å². The van der Waals surface area contributed by atoms with Gasteiger partial charge in [0, 0.05) is 12.2 Å². The number of anilines is 1. The predicted octanol–water partition coefficient (Wildman–Crippen LogP) is 2.89. The predicted molar refractivity (Wildman–Crippen MR) is 78.7 cm³/mol. The highest BCUT2D eigenvalue weighted by atomic mass is 19.1. The third kappa shape index (κ3) is 3.04. The molecule has 1 heterocycles. The molecule has 2 atom stereocenters. The molecule has 112 valence electrons. The molecule has 0 saturated heterocycles. The molecule has 0 spiro atoms. The Kier molecular flexibility index (Phi) is 3.86. The van der Waals surface area contributed by atoms with E-state index in [1.165, 1.54) is 37.8 Å². The third-order valence-electron chi connectivity index (χ3n) is 4.24. The van der Waals surface area contributed by atoms with Crippen LogP contribution in [0, 0.1) is 17.7 Å². The van der Waals surface area contributed by atoms with E-state index >= 15 is 0 Å². The second kappa shape index (κ2) is 5.79. The van der Waals surface area contributed by atoms with E-state index in [0.717, 1.165) is 12.5 Å². The molecule has 1 saturated carbocycles. The average Bonchev–Trinajstić information content (AvgIpc) is 2.89. The lowest BCUT2D eigenvalue weighted by Crippen LogP contribution is -2.20. The minimum atomic E-state index is -0.350. The highest BCUT2D eigenvalue weighted by Gasteiger charge is 2.22. The normalized spacial score (nSPS) is 22.4. The Morgan fingerprint density at radius 3 is 3.05 bits per heavy atom. The molecule has 2 unspecified atom stereocenters. The second-order valence-electron chi connectivity index (χ2n) is 6.06. The first-order valence-electron chi connectivity index (χ1n) is 7.45. The van der Waals surface area contributed by atoms with Gasteiger partial charge in [0.05, 0.1) is 5.56 Å². The van der Waals surface area contributed by atoms with Crippen molar-refractivity contribution < 1.29 is 4.39 Å². The molecule has 0 amide bonds. The van der Waals surface area contributed by atoms with Gasteiger partial charge in [-0.2, -0.15) is 0 Å². The van der Waals surface area contributed by atoms with E-state index in [-0.39, 0.29) is 5.82 Å². The SMILES string of the molecule is CC1CCCC(Cn2nnnc2-c2cc(N)ccc2F)C1. The van der Waals surface area contributed by atoms with Crippen molar-refractivity contribution in [3.05, 3.63) is 24.0 Å². The van der Waals surface area contributed by atoms with Crippen LogP contribution in [0.4, 0.5) is 10.1 Å². The van der Waals surface area contributed by atoms with Crippen LogP contribution in [0.2, 0.25) is 0 Å². The summed E-state index contributed by atoms with van der Waals surface area (Å²) in [5.41, 5.74) is 6.61. The Bertz CT molecular complexity index is 624. The van der Waals surface area contributed by atoms with Crippen molar-refractivity contribution in [2.75, 3.05) is 5.73 Å². The van der Waals surface area contributed by atoms with E-state index in [1.807, 2.05) is 0 Å². The lowest BCUT2D eigenvalue weighted by Gasteiger charge is -2.26. The van der Waals surface area contributed by atoms with E-state index in [4.69, 9.17) is 5.73 Å². The van der Waals surface area contributed by atoms with E-state index in [2.05, 4.69) is 22.4 Å². The minimum absolute atomic E-state index is 0.350. The molecule has 1 aromatic heterocycles. The van der Waals surface area contributed by atoms with Gasteiger partial charge in [0.1, 0.15) is 5.82 Å². The van der Waals surface area contributed by atoms with Crippen LogP contribution in [0.1, 0.15) is 32.6 Å². The van der Waals surface area contributed by atoms with Crippen LogP contribution in [-0.2, 0) is 6.54 Å². The van der Waals surface area contributed by atoms with E-state index < -0.39 is 0 Å². The molecule has 21 heavy (non-hydrogen) atoms. The number of nitrogens with zero attached hydrogens (tertiary/aromatic N) is 4. The summed E-state index contributed by atoms with van der Waals surface area (Å²) in [6, 6.07) is 4.48. The van der Waals surface area contributed by atoms with Gasteiger partial charge in [-0.15, -0.1) is 5.10 Å². The Hall–Kier alpha value is -1.98. The Morgan fingerprint density at radius 1 is 1.38 bits per heavy atom. The highest BCUT2D eigenvalue weighted by Crippen LogP contribution is 2.31. The standard InChI is InChI=1S/C15H20FN5/c1-10-3-2-4-11(7-10)9-21-15(18-19-20-21)13-8-12(17)5-6-14(13)16/h5-6,8,10-11H,2-4,7,9,17H2,1H3. The monoisotopic (exact) mass is 289 g/mol. The first-order valence-corrected chi connectivity index (χ1v) is 7.45. The maximum absolute atomic E-state index is 14.0. The van der Waals surface area contributed by atoms with Gasteiger partial charge in [0.15, 0.2) is 5.82 Å². The number of aromatic nitrogens is 4. The Morgan fingerprint density at radius 2 is 2.24 bits per heavy atom. The molecule has 6 heteroatoms. The molecule has 0 aliphatic heterocycles. The van der Waals surface area contributed by atoms with Crippen LogP contribution in [0.3, 0.4) is 0 Å². The van der Waals surface area contributed by atoms with Crippen molar-refractivity contribution in [3.8, 4) is 11.4 Å². The summed E-state index contributed by atoms with van der Waals surface area (Å²) in [5.74, 6) is 1.41. The fourth-order valence-corrected chi connectivity index (χ4v) is 3.20. The van der Waals surface area contributed by atoms with Crippen LogP contribution in [0.25, 0.3) is 11.4 Å². The number of rotatable bonds is 3. The minimum Gasteiger partial charge on any atom is -0.399 e. The first-order chi connectivity index (χ1) is 10.1. The summed E-state index contributed by atoms with van der Waals surface area (Å²) < 4.78 is 15.7. The highest BCUT2D eigenvalue weighted by molar-refractivity contribution is 5.61. The average molecular weight is 289 g/mol. The molecular weight excluding hydrogens is 269 g/mol. The van der Waals surface area contributed by atoms with Crippen molar-refractivity contribution in [1.29, 1.82) is 0 Å². The molecular formula is C15H20FN5.